The molecule has 0 bridgehead atoms. The molecule has 1 aromatic heterocycles. The second-order valence-corrected chi connectivity index (χ2v) is 4.81. The summed E-state index contributed by atoms with van der Waals surface area (Å²) in [6.45, 7) is 1.14. The fourth-order valence-electron chi connectivity index (χ4n) is 2.00. The quantitative estimate of drug-likeness (QED) is 0.838. The lowest BCUT2D eigenvalue weighted by Crippen LogP contribution is -2.30. The Morgan fingerprint density at radius 1 is 1.67 bits per heavy atom. The van der Waals surface area contributed by atoms with E-state index in [0.29, 0.717) is 0 Å². The molecule has 0 aromatic carbocycles. The molecule has 1 N–H and O–H groups in total. The lowest BCUT2D eigenvalue weighted by molar-refractivity contribution is -0.128. The molecule has 0 spiro atoms. The van der Waals surface area contributed by atoms with Crippen LogP contribution in [0.2, 0.25) is 0 Å². The molecule has 1 aromatic rings. The lowest BCUT2D eigenvalue weighted by Gasteiger charge is -2.22. The van der Waals surface area contributed by atoms with Crippen LogP contribution in [0, 0.1) is 11.3 Å². The molecule has 1 aliphatic rings. The third kappa shape index (κ3) is 1.79. The molecule has 1 aliphatic heterocycles. The molecule has 1 unspecified atom stereocenters. The molecule has 2 rings (SSSR count). The van der Waals surface area contributed by atoms with Crippen LogP contribution in [0.25, 0.3) is 0 Å². The second-order valence-electron chi connectivity index (χ2n) is 3.83. The van der Waals surface area contributed by atoms with Gasteiger partial charge in [-0.15, -0.1) is 11.3 Å². The van der Waals surface area contributed by atoms with Crippen molar-refractivity contribution in [1.82, 2.24) is 4.90 Å². The van der Waals surface area contributed by atoms with Gasteiger partial charge in [-0.2, -0.15) is 5.26 Å². The van der Waals surface area contributed by atoms with Gasteiger partial charge in [-0.3, -0.25) is 9.59 Å². The lowest BCUT2D eigenvalue weighted by atomic mass is 10.0. The SMILES string of the molecule is CC(=O)C1=C(O)C(=O)N(CC#N)C1c1cccs1. The van der Waals surface area contributed by atoms with E-state index in [2.05, 4.69) is 0 Å². The van der Waals surface area contributed by atoms with E-state index >= 15 is 0 Å². The summed E-state index contributed by atoms with van der Waals surface area (Å²) in [7, 11) is 0. The van der Waals surface area contributed by atoms with Crippen molar-refractivity contribution in [1.29, 1.82) is 5.26 Å². The van der Waals surface area contributed by atoms with E-state index in [1.165, 1.54) is 23.2 Å². The van der Waals surface area contributed by atoms with Gasteiger partial charge in [-0.1, -0.05) is 6.07 Å². The number of rotatable bonds is 3. The van der Waals surface area contributed by atoms with Gasteiger partial charge in [0, 0.05) is 4.88 Å². The van der Waals surface area contributed by atoms with Gasteiger partial charge in [0.1, 0.15) is 12.6 Å². The monoisotopic (exact) mass is 262 g/mol. The van der Waals surface area contributed by atoms with Crippen LogP contribution < -0.4 is 0 Å². The molecule has 18 heavy (non-hydrogen) atoms. The van der Waals surface area contributed by atoms with Gasteiger partial charge in [0.2, 0.25) is 0 Å². The largest absolute Gasteiger partial charge is 0.503 e. The van der Waals surface area contributed by atoms with Crippen LogP contribution in [0.15, 0.2) is 28.8 Å². The topological polar surface area (TPSA) is 81.4 Å². The highest BCUT2D eigenvalue weighted by atomic mass is 32.1. The predicted molar refractivity (Wildman–Crippen MR) is 64.7 cm³/mol. The number of aliphatic hydroxyl groups is 1. The zero-order chi connectivity index (χ0) is 13.3. The third-order valence-electron chi connectivity index (χ3n) is 2.74. The summed E-state index contributed by atoms with van der Waals surface area (Å²) in [6, 6.07) is 4.79. The number of hydrogen-bond acceptors (Lipinski definition) is 5. The summed E-state index contributed by atoms with van der Waals surface area (Å²) in [5.74, 6) is -1.57. The van der Waals surface area contributed by atoms with Crippen molar-refractivity contribution < 1.29 is 14.7 Å². The number of hydrogen-bond donors (Lipinski definition) is 1. The maximum atomic E-state index is 11.8. The average Bonchev–Trinajstić information content (AvgIpc) is 2.91. The van der Waals surface area contributed by atoms with Crippen LogP contribution in [0.3, 0.4) is 0 Å². The number of carbonyl (C=O) groups is 2. The van der Waals surface area contributed by atoms with Crippen molar-refractivity contribution in [3.63, 3.8) is 0 Å². The number of Topliss-reactive ketones (excluding diaryl/α,β-unsaturated/α-hetero) is 1. The number of aliphatic hydroxyl groups excluding tert-OH is 1. The van der Waals surface area contributed by atoms with E-state index in [4.69, 9.17) is 5.26 Å². The Kier molecular flexibility index (Phi) is 3.17. The molecule has 1 atom stereocenters. The van der Waals surface area contributed by atoms with Crippen molar-refractivity contribution in [2.75, 3.05) is 6.54 Å². The number of carbonyl (C=O) groups excluding carboxylic acids is 2. The van der Waals surface area contributed by atoms with Crippen molar-refractivity contribution in [2.24, 2.45) is 0 Å². The molecular formula is C12H10N2O3S. The molecule has 0 fully saturated rings. The number of amides is 1. The molecule has 0 saturated carbocycles. The fourth-order valence-corrected chi connectivity index (χ4v) is 2.84. The van der Waals surface area contributed by atoms with E-state index in [-0.39, 0.29) is 17.9 Å². The van der Waals surface area contributed by atoms with Gasteiger partial charge in [-0.05, 0) is 18.4 Å². The number of nitrogens with zero attached hydrogens (tertiary/aromatic N) is 2. The maximum absolute atomic E-state index is 11.8. The molecule has 6 heteroatoms. The highest BCUT2D eigenvalue weighted by Gasteiger charge is 2.42. The van der Waals surface area contributed by atoms with Crippen LogP contribution in [0.5, 0.6) is 0 Å². The second kappa shape index (κ2) is 4.63. The van der Waals surface area contributed by atoms with Crippen molar-refractivity contribution in [3.05, 3.63) is 33.7 Å². The number of nitriles is 1. The summed E-state index contributed by atoms with van der Waals surface area (Å²) in [5, 5.41) is 20.3. The van der Waals surface area contributed by atoms with Crippen LogP contribution in [-0.2, 0) is 9.59 Å². The standard InChI is InChI=1S/C12H10N2O3S/c1-7(15)9-10(8-3-2-6-18-8)14(5-4-13)12(17)11(9)16/h2-3,6,10,16H,5H2,1H3. The van der Waals surface area contributed by atoms with Crippen molar-refractivity contribution in [2.45, 2.75) is 13.0 Å². The molecule has 0 radical (unpaired) electrons. The summed E-state index contributed by atoms with van der Waals surface area (Å²) >= 11 is 1.37. The Labute approximate surface area is 108 Å². The Bertz CT molecular complexity index is 569. The first-order chi connectivity index (χ1) is 8.57. The smallest absolute Gasteiger partial charge is 0.290 e. The average molecular weight is 262 g/mol. The molecule has 1 amide bonds. The highest BCUT2D eigenvalue weighted by Crippen LogP contribution is 2.39. The van der Waals surface area contributed by atoms with E-state index in [1.807, 2.05) is 11.4 Å². The van der Waals surface area contributed by atoms with E-state index in [1.54, 1.807) is 12.1 Å². The summed E-state index contributed by atoms with van der Waals surface area (Å²) in [6.07, 6.45) is 0. The zero-order valence-electron chi connectivity index (χ0n) is 9.58. The van der Waals surface area contributed by atoms with Gasteiger partial charge >= 0.3 is 0 Å². The van der Waals surface area contributed by atoms with Gasteiger partial charge in [0.25, 0.3) is 5.91 Å². The summed E-state index contributed by atoms with van der Waals surface area (Å²) < 4.78 is 0. The predicted octanol–water partition coefficient (Wildman–Crippen LogP) is 1.56. The minimum Gasteiger partial charge on any atom is -0.503 e. The van der Waals surface area contributed by atoms with E-state index < -0.39 is 17.7 Å². The number of ketones is 1. The summed E-state index contributed by atoms with van der Waals surface area (Å²) in [4.78, 5) is 25.4. The van der Waals surface area contributed by atoms with Crippen LogP contribution in [-0.4, -0.2) is 28.2 Å². The Hall–Kier alpha value is -2.13. The van der Waals surface area contributed by atoms with Crippen molar-refractivity contribution in [3.8, 4) is 6.07 Å². The minimum atomic E-state index is -0.667. The highest BCUT2D eigenvalue weighted by molar-refractivity contribution is 7.10. The Balaban J connectivity index is 2.52. The van der Waals surface area contributed by atoms with Gasteiger partial charge in [0.05, 0.1) is 11.6 Å². The summed E-state index contributed by atoms with van der Waals surface area (Å²) in [5.41, 5.74) is 0.0673. The molecule has 0 aliphatic carbocycles. The van der Waals surface area contributed by atoms with Gasteiger partial charge in [-0.25, -0.2) is 0 Å². The first-order valence-corrected chi connectivity index (χ1v) is 6.11. The van der Waals surface area contributed by atoms with Crippen LogP contribution in [0.4, 0.5) is 0 Å². The normalized spacial score (nSPS) is 19.2. The minimum absolute atomic E-state index is 0.0673. The third-order valence-corrected chi connectivity index (χ3v) is 3.66. The molecular weight excluding hydrogens is 252 g/mol. The number of thiophene rings is 1. The fraction of sp³-hybridized carbons (Fsp3) is 0.250. The van der Waals surface area contributed by atoms with E-state index in [9.17, 15) is 14.7 Å². The first-order valence-electron chi connectivity index (χ1n) is 5.23. The Morgan fingerprint density at radius 3 is 2.89 bits per heavy atom. The Morgan fingerprint density at radius 2 is 2.39 bits per heavy atom. The van der Waals surface area contributed by atoms with E-state index in [0.717, 1.165) is 4.88 Å². The van der Waals surface area contributed by atoms with Crippen LogP contribution in [0.1, 0.15) is 17.8 Å². The molecule has 2 heterocycles. The zero-order valence-corrected chi connectivity index (χ0v) is 10.4. The molecule has 5 nitrogen and oxygen atoms in total. The first kappa shape index (κ1) is 12.3. The molecule has 0 saturated heterocycles. The van der Waals surface area contributed by atoms with Crippen molar-refractivity contribution >= 4 is 23.0 Å². The van der Waals surface area contributed by atoms with Gasteiger partial charge < -0.3 is 10.0 Å². The van der Waals surface area contributed by atoms with Crippen LogP contribution >= 0.6 is 11.3 Å². The maximum Gasteiger partial charge on any atom is 0.290 e. The molecule has 92 valence electrons. The van der Waals surface area contributed by atoms with Gasteiger partial charge in [0.15, 0.2) is 11.5 Å².